The van der Waals surface area contributed by atoms with Gasteiger partial charge in [0, 0.05) is 4.90 Å². The first-order chi connectivity index (χ1) is 13.7. The van der Waals surface area contributed by atoms with Gasteiger partial charge in [0.25, 0.3) is 5.91 Å². The number of hydrogen-bond donors (Lipinski definition) is 0. The molecule has 0 saturated carbocycles. The van der Waals surface area contributed by atoms with Gasteiger partial charge in [0.1, 0.15) is 0 Å². The second kappa shape index (κ2) is 8.17. The van der Waals surface area contributed by atoms with Crippen molar-refractivity contribution in [1.82, 2.24) is 4.98 Å². The van der Waals surface area contributed by atoms with Crippen LogP contribution in [0.25, 0.3) is 10.2 Å². The summed E-state index contributed by atoms with van der Waals surface area (Å²) in [6.07, 6.45) is 1.99. The Morgan fingerprint density at radius 2 is 1.79 bits per heavy atom. The molecular weight excluding hydrogens is 384 g/mol. The van der Waals surface area contributed by atoms with Gasteiger partial charge in [-0.1, -0.05) is 59.9 Å². The second-order valence-corrected chi connectivity index (χ2v) is 8.40. The number of benzene rings is 3. The molecule has 3 nitrogen and oxygen atoms in total. The van der Waals surface area contributed by atoms with Crippen molar-refractivity contribution in [3.8, 4) is 0 Å². The van der Waals surface area contributed by atoms with Crippen LogP contribution in [0.2, 0.25) is 0 Å². The fourth-order valence-electron chi connectivity index (χ4n) is 3.09. The standard InChI is InChI=1S/C23H20N2OS2/c1-16-12-13-19-21(14-16)28-23(24-19)25(15-17-8-4-3-5-9-17)22(26)18-10-6-7-11-20(18)27-2/h3-14H,15H2,1-2H3. The molecule has 0 radical (unpaired) electrons. The molecule has 1 amide bonds. The molecule has 5 heteroatoms. The molecule has 0 atom stereocenters. The van der Waals surface area contributed by atoms with Crippen molar-refractivity contribution >= 4 is 44.4 Å². The third-order valence-corrected chi connectivity index (χ3v) is 6.37. The van der Waals surface area contributed by atoms with Crippen LogP contribution in [0, 0.1) is 6.92 Å². The SMILES string of the molecule is CSc1ccccc1C(=O)N(Cc1ccccc1)c1nc2ccc(C)cc2s1. The van der Waals surface area contributed by atoms with Gasteiger partial charge in [0.15, 0.2) is 5.13 Å². The summed E-state index contributed by atoms with van der Waals surface area (Å²) in [7, 11) is 0. The van der Waals surface area contributed by atoms with Crippen LogP contribution in [0.5, 0.6) is 0 Å². The van der Waals surface area contributed by atoms with Gasteiger partial charge < -0.3 is 0 Å². The topological polar surface area (TPSA) is 33.2 Å². The van der Waals surface area contributed by atoms with E-state index in [-0.39, 0.29) is 5.91 Å². The summed E-state index contributed by atoms with van der Waals surface area (Å²) in [5.41, 5.74) is 3.90. The molecule has 0 aliphatic rings. The molecule has 0 bridgehead atoms. The molecule has 1 aromatic heterocycles. The molecule has 0 N–H and O–H groups in total. The number of thiazole rings is 1. The predicted molar refractivity (Wildman–Crippen MR) is 120 cm³/mol. The van der Waals surface area contributed by atoms with E-state index < -0.39 is 0 Å². The summed E-state index contributed by atoms with van der Waals surface area (Å²) >= 11 is 3.15. The smallest absolute Gasteiger partial charge is 0.261 e. The number of nitrogens with zero attached hydrogens (tertiary/aromatic N) is 2. The second-order valence-electron chi connectivity index (χ2n) is 6.54. The van der Waals surface area contributed by atoms with E-state index in [9.17, 15) is 4.79 Å². The zero-order chi connectivity index (χ0) is 19.5. The first-order valence-corrected chi connectivity index (χ1v) is 11.1. The molecule has 0 saturated heterocycles. The highest BCUT2D eigenvalue weighted by molar-refractivity contribution is 7.98. The van der Waals surface area contributed by atoms with Crippen molar-refractivity contribution in [2.45, 2.75) is 18.4 Å². The zero-order valence-electron chi connectivity index (χ0n) is 15.8. The van der Waals surface area contributed by atoms with Gasteiger partial charge in [0.05, 0.1) is 22.3 Å². The fraction of sp³-hybridized carbons (Fsp3) is 0.130. The third kappa shape index (κ3) is 3.81. The van der Waals surface area contributed by atoms with Gasteiger partial charge in [0.2, 0.25) is 0 Å². The summed E-state index contributed by atoms with van der Waals surface area (Å²) < 4.78 is 1.10. The van der Waals surface area contributed by atoms with E-state index in [1.807, 2.05) is 66.9 Å². The van der Waals surface area contributed by atoms with Gasteiger partial charge in [-0.25, -0.2) is 4.98 Å². The lowest BCUT2D eigenvalue weighted by atomic mass is 10.1. The van der Waals surface area contributed by atoms with E-state index >= 15 is 0 Å². The van der Waals surface area contributed by atoms with E-state index in [0.717, 1.165) is 25.8 Å². The first-order valence-electron chi connectivity index (χ1n) is 9.02. The van der Waals surface area contributed by atoms with Gasteiger partial charge >= 0.3 is 0 Å². The highest BCUT2D eigenvalue weighted by Crippen LogP contribution is 2.32. The Morgan fingerprint density at radius 1 is 1.04 bits per heavy atom. The van der Waals surface area contributed by atoms with Crippen LogP contribution in [0.3, 0.4) is 0 Å². The van der Waals surface area contributed by atoms with Crippen LogP contribution in [-0.2, 0) is 6.54 Å². The number of anilines is 1. The Kier molecular flexibility index (Phi) is 5.46. The number of rotatable bonds is 5. The Balaban J connectivity index is 1.79. The lowest BCUT2D eigenvalue weighted by molar-refractivity contribution is 0.0982. The maximum Gasteiger partial charge on any atom is 0.261 e. The van der Waals surface area contributed by atoms with Gasteiger partial charge in [-0.2, -0.15) is 0 Å². The molecule has 0 aliphatic carbocycles. The van der Waals surface area contributed by atoms with Crippen LogP contribution < -0.4 is 4.90 Å². The van der Waals surface area contributed by atoms with Crippen LogP contribution in [0.1, 0.15) is 21.5 Å². The maximum absolute atomic E-state index is 13.6. The highest BCUT2D eigenvalue weighted by Gasteiger charge is 2.23. The summed E-state index contributed by atoms with van der Waals surface area (Å²) in [6, 6.07) is 24.0. The number of thioether (sulfide) groups is 1. The monoisotopic (exact) mass is 404 g/mol. The Bertz CT molecular complexity index is 1120. The average molecular weight is 405 g/mol. The van der Waals surface area contributed by atoms with Gasteiger partial charge in [-0.3, -0.25) is 9.69 Å². The van der Waals surface area contributed by atoms with Crippen LogP contribution in [0.4, 0.5) is 5.13 Å². The molecule has 28 heavy (non-hydrogen) atoms. The van der Waals surface area contributed by atoms with Crippen molar-refractivity contribution in [1.29, 1.82) is 0 Å². The van der Waals surface area contributed by atoms with Crippen molar-refractivity contribution in [3.63, 3.8) is 0 Å². The number of amides is 1. The minimum Gasteiger partial charge on any atom is -0.279 e. The summed E-state index contributed by atoms with van der Waals surface area (Å²) in [5.74, 6) is -0.0235. The quantitative estimate of drug-likeness (QED) is 0.373. The van der Waals surface area contributed by atoms with Crippen molar-refractivity contribution in [3.05, 3.63) is 89.5 Å². The van der Waals surface area contributed by atoms with Crippen molar-refractivity contribution < 1.29 is 4.79 Å². The molecule has 0 unspecified atom stereocenters. The first kappa shape index (κ1) is 18.7. The molecule has 0 spiro atoms. The molecule has 0 fully saturated rings. The minimum absolute atomic E-state index is 0.0235. The summed E-state index contributed by atoms with van der Waals surface area (Å²) in [4.78, 5) is 21.1. The lowest BCUT2D eigenvalue weighted by Crippen LogP contribution is -2.30. The summed E-state index contributed by atoms with van der Waals surface area (Å²) in [5, 5.41) is 0.727. The number of hydrogen-bond acceptors (Lipinski definition) is 4. The van der Waals surface area contributed by atoms with Crippen LogP contribution in [-0.4, -0.2) is 17.1 Å². The van der Waals surface area contributed by atoms with E-state index in [4.69, 9.17) is 4.98 Å². The van der Waals surface area contributed by atoms with E-state index in [1.54, 1.807) is 28.0 Å². The normalized spacial score (nSPS) is 10.9. The molecule has 3 aromatic carbocycles. The predicted octanol–water partition coefficient (Wildman–Crippen LogP) is 6.17. The molecule has 4 aromatic rings. The van der Waals surface area contributed by atoms with Crippen molar-refractivity contribution in [2.75, 3.05) is 11.2 Å². The number of aromatic nitrogens is 1. The Labute approximate surface area is 173 Å². The van der Waals surface area contributed by atoms with E-state index in [0.29, 0.717) is 12.1 Å². The minimum atomic E-state index is -0.0235. The van der Waals surface area contributed by atoms with Crippen LogP contribution in [0.15, 0.2) is 77.7 Å². The number of fused-ring (bicyclic) bond motifs is 1. The largest absolute Gasteiger partial charge is 0.279 e. The molecular formula is C23H20N2OS2. The van der Waals surface area contributed by atoms with E-state index in [1.165, 1.54) is 5.56 Å². The third-order valence-electron chi connectivity index (χ3n) is 4.53. The molecule has 4 rings (SSSR count). The van der Waals surface area contributed by atoms with Crippen molar-refractivity contribution in [2.24, 2.45) is 0 Å². The molecule has 140 valence electrons. The Morgan fingerprint density at radius 3 is 2.57 bits per heavy atom. The number of carbonyl (C=O) groups is 1. The highest BCUT2D eigenvalue weighted by atomic mass is 32.2. The zero-order valence-corrected chi connectivity index (χ0v) is 17.4. The Hall–Kier alpha value is -2.63. The van der Waals surface area contributed by atoms with Crippen LogP contribution >= 0.6 is 23.1 Å². The number of carbonyl (C=O) groups excluding carboxylic acids is 1. The summed E-state index contributed by atoms with van der Waals surface area (Å²) in [6.45, 7) is 2.56. The van der Waals surface area contributed by atoms with Gasteiger partial charge in [-0.15, -0.1) is 11.8 Å². The average Bonchev–Trinajstić information content (AvgIpc) is 3.15. The van der Waals surface area contributed by atoms with E-state index in [2.05, 4.69) is 19.1 Å². The molecule has 0 aliphatic heterocycles. The fourth-order valence-corrected chi connectivity index (χ4v) is 4.75. The number of aryl methyl sites for hydroxylation is 1. The lowest BCUT2D eigenvalue weighted by Gasteiger charge is -2.21. The maximum atomic E-state index is 13.6. The molecule has 1 heterocycles. The van der Waals surface area contributed by atoms with Gasteiger partial charge in [-0.05, 0) is 48.6 Å².